The van der Waals surface area contributed by atoms with Crippen molar-refractivity contribution in [1.82, 2.24) is 4.98 Å². The van der Waals surface area contributed by atoms with Crippen molar-refractivity contribution in [1.29, 1.82) is 0 Å². The van der Waals surface area contributed by atoms with E-state index in [1.807, 2.05) is 0 Å². The van der Waals surface area contributed by atoms with Gasteiger partial charge in [-0.3, -0.25) is 0 Å². The van der Waals surface area contributed by atoms with Crippen molar-refractivity contribution in [3.8, 4) is 0 Å². The summed E-state index contributed by atoms with van der Waals surface area (Å²) in [5.41, 5.74) is 0.382. The van der Waals surface area contributed by atoms with Crippen LogP contribution in [-0.4, -0.2) is 10.1 Å². The highest BCUT2D eigenvalue weighted by atomic mass is 79.9. The van der Waals surface area contributed by atoms with Crippen LogP contribution in [-0.2, 0) is 6.61 Å². The Morgan fingerprint density at radius 2 is 2.23 bits per heavy atom. The SMILES string of the molecule is Cc1cc(Br)c(CO)nc1C(F)F. The van der Waals surface area contributed by atoms with E-state index in [1.54, 1.807) is 6.92 Å². The van der Waals surface area contributed by atoms with Gasteiger partial charge in [-0.2, -0.15) is 0 Å². The number of nitrogens with zero attached hydrogens (tertiary/aromatic N) is 1. The van der Waals surface area contributed by atoms with E-state index in [0.717, 1.165) is 0 Å². The lowest BCUT2D eigenvalue weighted by Crippen LogP contribution is -2.00. The number of alkyl halides is 2. The normalized spacial score (nSPS) is 10.9. The Balaban J connectivity index is 3.22. The van der Waals surface area contributed by atoms with E-state index in [4.69, 9.17) is 5.11 Å². The van der Waals surface area contributed by atoms with Crippen LogP contribution in [0.3, 0.4) is 0 Å². The molecular weight excluding hydrogens is 244 g/mol. The van der Waals surface area contributed by atoms with Crippen molar-refractivity contribution in [2.24, 2.45) is 0 Å². The molecule has 5 heteroatoms. The minimum atomic E-state index is -2.60. The molecule has 0 aliphatic rings. The molecule has 0 radical (unpaired) electrons. The molecule has 0 spiro atoms. The Bertz CT molecular complexity index is 317. The fourth-order valence-corrected chi connectivity index (χ4v) is 1.52. The molecule has 0 atom stereocenters. The maximum Gasteiger partial charge on any atom is 0.280 e. The maximum atomic E-state index is 12.3. The second kappa shape index (κ2) is 4.11. The summed E-state index contributed by atoms with van der Waals surface area (Å²) in [7, 11) is 0. The Hall–Kier alpha value is -0.550. The van der Waals surface area contributed by atoms with Gasteiger partial charge in [0.2, 0.25) is 0 Å². The molecule has 0 amide bonds. The molecule has 0 bridgehead atoms. The lowest BCUT2D eigenvalue weighted by molar-refractivity contribution is 0.144. The zero-order valence-electron chi connectivity index (χ0n) is 6.89. The predicted molar refractivity (Wildman–Crippen MR) is 47.6 cm³/mol. The second-order valence-corrected chi connectivity index (χ2v) is 3.43. The Labute approximate surface area is 82.7 Å². The van der Waals surface area contributed by atoms with E-state index in [-0.39, 0.29) is 18.0 Å². The van der Waals surface area contributed by atoms with Gasteiger partial charge in [-0.05, 0) is 34.5 Å². The Morgan fingerprint density at radius 3 is 2.69 bits per heavy atom. The first kappa shape index (κ1) is 10.5. The molecule has 0 aliphatic carbocycles. The first-order valence-corrected chi connectivity index (χ1v) is 4.40. The van der Waals surface area contributed by atoms with Crippen LogP contribution in [0.1, 0.15) is 23.4 Å². The van der Waals surface area contributed by atoms with Crippen LogP contribution in [0.25, 0.3) is 0 Å². The average molecular weight is 252 g/mol. The molecule has 0 saturated heterocycles. The molecule has 0 aliphatic heterocycles. The third kappa shape index (κ3) is 2.22. The molecule has 1 heterocycles. The lowest BCUT2D eigenvalue weighted by Gasteiger charge is -2.07. The van der Waals surface area contributed by atoms with Crippen molar-refractivity contribution in [3.63, 3.8) is 0 Å². The van der Waals surface area contributed by atoms with Gasteiger partial charge >= 0.3 is 0 Å². The molecule has 13 heavy (non-hydrogen) atoms. The molecule has 0 fully saturated rings. The van der Waals surface area contributed by atoms with Crippen molar-refractivity contribution >= 4 is 15.9 Å². The zero-order valence-corrected chi connectivity index (χ0v) is 8.48. The van der Waals surface area contributed by atoms with E-state index >= 15 is 0 Å². The molecule has 0 aromatic carbocycles. The quantitative estimate of drug-likeness (QED) is 0.877. The number of hydrogen-bond donors (Lipinski definition) is 1. The average Bonchev–Trinajstić information content (AvgIpc) is 2.03. The van der Waals surface area contributed by atoms with Gasteiger partial charge < -0.3 is 5.11 Å². The van der Waals surface area contributed by atoms with Crippen molar-refractivity contribution < 1.29 is 13.9 Å². The minimum absolute atomic E-state index is 0.237. The fourth-order valence-electron chi connectivity index (χ4n) is 0.966. The van der Waals surface area contributed by atoms with Crippen LogP contribution < -0.4 is 0 Å². The zero-order chi connectivity index (χ0) is 10.0. The summed E-state index contributed by atoms with van der Waals surface area (Å²) in [6, 6.07) is 1.53. The van der Waals surface area contributed by atoms with Crippen LogP contribution in [0.2, 0.25) is 0 Å². The largest absolute Gasteiger partial charge is 0.390 e. The van der Waals surface area contributed by atoms with E-state index in [2.05, 4.69) is 20.9 Å². The second-order valence-electron chi connectivity index (χ2n) is 2.58. The van der Waals surface area contributed by atoms with Gasteiger partial charge in [0.15, 0.2) is 0 Å². The van der Waals surface area contributed by atoms with E-state index in [0.29, 0.717) is 10.0 Å². The van der Waals surface area contributed by atoms with Crippen molar-refractivity contribution in [3.05, 3.63) is 27.5 Å². The number of aromatic nitrogens is 1. The summed E-state index contributed by atoms with van der Waals surface area (Å²) < 4.78 is 25.2. The van der Waals surface area contributed by atoms with Crippen molar-refractivity contribution in [2.75, 3.05) is 0 Å². The molecule has 1 rings (SSSR count). The highest BCUT2D eigenvalue weighted by Crippen LogP contribution is 2.25. The summed E-state index contributed by atoms with van der Waals surface area (Å²) >= 11 is 3.12. The van der Waals surface area contributed by atoms with Crippen LogP contribution in [0.5, 0.6) is 0 Å². The highest BCUT2D eigenvalue weighted by Gasteiger charge is 2.14. The van der Waals surface area contributed by atoms with Gasteiger partial charge in [0.05, 0.1) is 12.3 Å². The van der Waals surface area contributed by atoms with Crippen LogP contribution in [0.15, 0.2) is 10.5 Å². The number of aliphatic hydroxyl groups excluding tert-OH is 1. The maximum absolute atomic E-state index is 12.3. The summed E-state index contributed by atoms with van der Waals surface area (Å²) in [6.07, 6.45) is -2.60. The number of pyridine rings is 1. The topological polar surface area (TPSA) is 33.1 Å². The van der Waals surface area contributed by atoms with Gasteiger partial charge in [-0.1, -0.05) is 0 Å². The number of aliphatic hydroxyl groups is 1. The van der Waals surface area contributed by atoms with E-state index in [1.165, 1.54) is 6.07 Å². The molecule has 1 aromatic rings. The predicted octanol–water partition coefficient (Wildman–Crippen LogP) is 2.58. The lowest BCUT2D eigenvalue weighted by atomic mass is 10.2. The first-order valence-electron chi connectivity index (χ1n) is 3.61. The third-order valence-electron chi connectivity index (χ3n) is 1.63. The van der Waals surface area contributed by atoms with Gasteiger partial charge in [-0.15, -0.1) is 0 Å². The molecular formula is C8H8BrF2NO. The fraction of sp³-hybridized carbons (Fsp3) is 0.375. The van der Waals surface area contributed by atoms with Crippen molar-refractivity contribution in [2.45, 2.75) is 20.0 Å². The molecule has 0 unspecified atom stereocenters. The number of hydrogen-bond acceptors (Lipinski definition) is 2. The van der Waals surface area contributed by atoms with Crippen LogP contribution in [0.4, 0.5) is 8.78 Å². The van der Waals surface area contributed by atoms with Gasteiger partial charge in [0.1, 0.15) is 5.69 Å². The summed E-state index contributed by atoms with van der Waals surface area (Å²) in [6.45, 7) is 1.21. The molecule has 1 aromatic heterocycles. The highest BCUT2D eigenvalue weighted by molar-refractivity contribution is 9.10. The molecule has 1 N–H and O–H groups in total. The monoisotopic (exact) mass is 251 g/mol. The standard InChI is InChI=1S/C8H8BrF2NO/c1-4-2-5(9)6(3-13)12-7(4)8(10)11/h2,8,13H,3H2,1H3. The summed E-state index contributed by atoms with van der Waals surface area (Å²) in [4.78, 5) is 3.64. The van der Waals surface area contributed by atoms with E-state index in [9.17, 15) is 8.78 Å². The number of rotatable bonds is 2. The van der Waals surface area contributed by atoms with Gasteiger partial charge in [0.25, 0.3) is 6.43 Å². The van der Waals surface area contributed by atoms with E-state index < -0.39 is 6.43 Å². The number of halogens is 3. The number of aryl methyl sites for hydroxylation is 1. The minimum Gasteiger partial charge on any atom is -0.390 e. The summed E-state index contributed by atoms with van der Waals surface area (Å²) in [5.74, 6) is 0. The smallest absolute Gasteiger partial charge is 0.280 e. The van der Waals surface area contributed by atoms with Gasteiger partial charge in [0, 0.05) is 4.47 Å². The van der Waals surface area contributed by atoms with Crippen LogP contribution >= 0.6 is 15.9 Å². The summed E-state index contributed by atoms with van der Waals surface area (Å²) in [5, 5.41) is 8.78. The third-order valence-corrected chi connectivity index (χ3v) is 2.32. The molecule has 72 valence electrons. The molecule has 2 nitrogen and oxygen atoms in total. The van der Waals surface area contributed by atoms with Gasteiger partial charge in [-0.25, -0.2) is 13.8 Å². The van der Waals surface area contributed by atoms with Crippen LogP contribution in [0, 0.1) is 6.92 Å². The Kier molecular flexibility index (Phi) is 3.33. The molecule has 0 saturated carbocycles. The Morgan fingerprint density at radius 1 is 1.62 bits per heavy atom. The first-order chi connectivity index (χ1) is 6.06.